The lowest BCUT2D eigenvalue weighted by Crippen LogP contribution is -2.07. The molecule has 0 saturated carbocycles. The first-order valence-corrected chi connectivity index (χ1v) is 6.31. The summed E-state index contributed by atoms with van der Waals surface area (Å²) in [5.41, 5.74) is 0.878. The van der Waals surface area contributed by atoms with E-state index >= 15 is 0 Å². The van der Waals surface area contributed by atoms with Gasteiger partial charge in [0.1, 0.15) is 24.1 Å². The maximum absolute atomic E-state index is 8.95. The zero-order valence-corrected chi connectivity index (χ0v) is 11.6. The summed E-state index contributed by atoms with van der Waals surface area (Å²) in [5.74, 6) is 0.499. The number of rotatable bonds is 4. The topological polar surface area (TPSA) is 63.7 Å². The Kier molecular flexibility index (Phi) is 4.25. The third-order valence-electron chi connectivity index (χ3n) is 2.50. The molecule has 0 amide bonds. The largest absolute Gasteiger partial charge is 0.486 e. The SMILES string of the molecule is CCn1nnc(C#N)c1COc1ccc(Cl)cc1Cl. The number of aromatic nitrogens is 3. The predicted molar refractivity (Wildman–Crippen MR) is 71.2 cm³/mol. The Bertz CT molecular complexity index is 633. The van der Waals surface area contributed by atoms with Crippen molar-refractivity contribution in [3.8, 4) is 11.8 Å². The van der Waals surface area contributed by atoms with Crippen LogP contribution in [0, 0.1) is 11.3 Å². The zero-order chi connectivity index (χ0) is 13.8. The molecule has 0 aliphatic carbocycles. The van der Waals surface area contributed by atoms with Gasteiger partial charge in [-0.2, -0.15) is 5.26 Å². The van der Waals surface area contributed by atoms with Crippen LogP contribution in [0.25, 0.3) is 0 Å². The molecule has 2 aromatic rings. The number of nitriles is 1. The van der Waals surface area contributed by atoms with Crippen molar-refractivity contribution in [2.75, 3.05) is 0 Å². The average Bonchev–Trinajstić information content (AvgIpc) is 2.79. The average molecular weight is 297 g/mol. The quantitative estimate of drug-likeness (QED) is 0.870. The monoisotopic (exact) mass is 296 g/mol. The zero-order valence-electron chi connectivity index (χ0n) is 10.1. The van der Waals surface area contributed by atoms with Gasteiger partial charge in [0.25, 0.3) is 0 Å². The molecule has 0 atom stereocenters. The van der Waals surface area contributed by atoms with Crippen molar-refractivity contribution >= 4 is 23.2 Å². The fourth-order valence-electron chi connectivity index (χ4n) is 1.55. The van der Waals surface area contributed by atoms with Gasteiger partial charge >= 0.3 is 0 Å². The van der Waals surface area contributed by atoms with Crippen LogP contribution in [0.3, 0.4) is 0 Å². The Labute approximate surface area is 120 Å². The first-order chi connectivity index (χ1) is 9.15. The lowest BCUT2D eigenvalue weighted by Gasteiger charge is -2.09. The van der Waals surface area contributed by atoms with E-state index in [9.17, 15) is 0 Å². The fraction of sp³-hybridized carbons (Fsp3) is 0.250. The number of aryl methyl sites for hydroxylation is 1. The molecule has 7 heteroatoms. The molecular formula is C12H10Cl2N4O. The maximum Gasteiger partial charge on any atom is 0.189 e. The summed E-state index contributed by atoms with van der Waals surface area (Å²) in [5, 5.41) is 17.5. The normalized spacial score (nSPS) is 10.2. The summed E-state index contributed by atoms with van der Waals surface area (Å²) in [7, 11) is 0. The van der Waals surface area contributed by atoms with E-state index in [2.05, 4.69) is 10.3 Å². The van der Waals surface area contributed by atoms with Crippen LogP contribution in [0.5, 0.6) is 5.75 Å². The molecule has 19 heavy (non-hydrogen) atoms. The molecule has 5 nitrogen and oxygen atoms in total. The highest BCUT2D eigenvalue weighted by Crippen LogP contribution is 2.28. The second kappa shape index (κ2) is 5.91. The summed E-state index contributed by atoms with van der Waals surface area (Å²) in [6.07, 6.45) is 0. The minimum atomic E-state index is 0.172. The van der Waals surface area contributed by atoms with Crippen molar-refractivity contribution in [1.82, 2.24) is 15.0 Å². The lowest BCUT2D eigenvalue weighted by molar-refractivity contribution is 0.292. The van der Waals surface area contributed by atoms with Crippen LogP contribution in [0.4, 0.5) is 0 Å². The lowest BCUT2D eigenvalue weighted by atomic mass is 10.3. The molecule has 0 fully saturated rings. The molecule has 0 N–H and O–H groups in total. The maximum atomic E-state index is 8.95. The number of ether oxygens (including phenoxy) is 1. The fourth-order valence-corrected chi connectivity index (χ4v) is 2.02. The van der Waals surface area contributed by atoms with Gasteiger partial charge < -0.3 is 4.74 Å². The van der Waals surface area contributed by atoms with Crippen LogP contribution < -0.4 is 4.74 Å². The Hall–Kier alpha value is -1.77. The third kappa shape index (κ3) is 2.98. The van der Waals surface area contributed by atoms with E-state index in [4.69, 9.17) is 33.2 Å². The predicted octanol–water partition coefficient (Wildman–Crippen LogP) is 3.06. The molecule has 0 saturated heterocycles. The van der Waals surface area contributed by atoms with E-state index in [0.29, 0.717) is 28.0 Å². The number of nitrogens with zero attached hydrogens (tertiary/aromatic N) is 4. The van der Waals surface area contributed by atoms with Gasteiger partial charge in [0.2, 0.25) is 0 Å². The van der Waals surface area contributed by atoms with Gasteiger partial charge in [0.05, 0.1) is 5.02 Å². The van der Waals surface area contributed by atoms with Gasteiger partial charge in [0.15, 0.2) is 5.69 Å². The summed E-state index contributed by atoms with van der Waals surface area (Å²) in [4.78, 5) is 0. The van der Waals surface area contributed by atoms with E-state index in [1.54, 1.807) is 22.9 Å². The summed E-state index contributed by atoms with van der Waals surface area (Å²) < 4.78 is 7.19. The van der Waals surface area contributed by atoms with Crippen LogP contribution in [0.2, 0.25) is 10.0 Å². The number of halogens is 2. The standard InChI is InChI=1S/C12H10Cl2N4O/c1-2-18-11(10(6-15)16-17-18)7-19-12-4-3-8(13)5-9(12)14/h3-5H,2,7H2,1H3. The molecule has 0 bridgehead atoms. The first kappa shape index (κ1) is 13.7. The molecule has 1 aromatic carbocycles. The minimum Gasteiger partial charge on any atom is -0.486 e. The Morgan fingerprint density at radius 1 is 1.42 bits per heavy atom. The summed E-state index contributed by atoms with van der Waals surface area (Å²) >= 11 is 11.8. The van der Waals surface area contributed by atoms with E-state index in [1.807, 2.05) is 13.0 Å². The first-order valence-electron chi connectivity index (χ1n) is 5.56. The van der Waals surface area contributed by atoms with Crippen molar-refractivity contribution in [2.24, 2.45) is 0 Å². The summed E-state index contributed by atoms with van der Waals surface area (Å²) in [6.45, 7) is 2.70. The van der Waals surface area contributed by atoms with Gasteiger partial charge in [-0.15, -0.1) is 5.10 Å². The molecule has 2 rings (SSSR count). The van der Waals surface area contributed by atoms with Crippen LogP contribution >= 0.6 is 23.2 Å². The molecule has 0 spiro atoms. The number of hydrogen-bond donors (Lipinski definition) is 0. The van der Waals surface area contributed by atoms with Crippen molar-refractivity contribution in [1.29, 1.82) is 5.26 Å². The number of hydrogen-bond acceptors (Lipinski definition) is 4. The third-order valence-corrected chi connectivity index (χ3v) is 3.03. The van der Waals surface area contributed by atoms with E-state index in [0.717, 1.165) is 0 Å². The Morgan fingerprint density at radius 3 is 2.84 bits per heavy atom. The number of benzene rings is 1. The minimum absolute atomic E-state index is 0.172. The molecule has 0 radical (unpaired) electrons. The van der Waals surface area contributed by atoms with Crippen molar-refractivity contribution < 1.29 is 4.74 Å². The molecule has 1 aromatic heterocycles. The van der Waals surface area contributed by atoms with Crippen molar-refractivity contribution in [3.63, 3.8) is 0 Å². The van der Waals surface area contributed by atoms with Crippen molar-refractivity contribution in [2.45, 2.75) is 20.1 Å². The summed E-state index contributed by atoms with van der Waals surface area (Å²) in [6, 6.07) is 6.94. The highest BCUT2D eigenvalue weighted by Gasteiger charge is 2.13. The van der Waals surface area contributed by atoms with Crippen molar-refractivity contribution in [3.05, 3.63) is 39.6 Å². The highest BCUT2D eigenvalue weighted by molar-refractivity contribution is 6.35. The molecular weight excluding hydrogens is 287 g/mol. The van der Waals surface area contributed by atoms with Crippen LogP contribution in [0.1, 0.15) is 18.3 Å². The molecule has 0 unspecified atom stereocenters. The molecule has 0 aliphatic heterocycles. The van der Waals surface area contributed by atoms with E-state index < -0.39 is 0 Å². The van der Waals surface area contributed by atoms with E-state index in [-0.39, 0.29) is 12.3 Å². The molecule has 0 aliphatic rings. The Balaban J connectivity index is 2.19. The van der Waals surface area contributed by atoms with Gasteiger partial charge in [-0.25, -0.2) is 4.68 Å². The Morgan fingerprint density at radius 2 is 2.21 bits per heavy atom. The van der Waals surface area contributed by atoms with Gasteiger partial charge in [-0.3, -0.25) is 0 Å². The van der Waals surface area contributed by atoms with Crippen LogP contribution in [-0.2, 0) is 13.2 Å². The highest BCUT2D eigenvalue weighted by atomic mass is 35.5. The second-order valence-electron chi connectivity index (χ2n) is 3.68. The van der Waals surface area contributed by atoms with Crippen LogP contribution in [0.15, 0.2) is 18.2 Å². The smallest absolute Gasteiger partial charge is 0.189 e. The van der Waals surface area contributed by atoms with E-state index in [1.165, 1.54) is 0 Å². The van der Waals surface area contributed by atoms with Crippen LogP contribution in [-0.4, -0.2) is 15.0 Å². The second-order valence-corrected chi connectivity index (χ2v) is 4.52. The molecule has 1 heterocycles. The van der Waals surface area contributed by atoms with Gasteiger partial charge in [-0.1, -0.05) is 28.4 Å². The van der Waals surface area contributed by atoms with Gasteiger partial charge in [0, 0.05) is 11.6 Å². The van der Waals surface area contributed by atoms with Gasteiger partial charge in [-0.05, 0) is 25.1 Å². The molecule has 98 valence electrons.